The van der Waals surface area contributed by atoms with E-state index in [9.17, 15) is 8.42 Å². The van der Waals surface area contributed by atoms with Gasteiger partial charge in [-0.2, -0.15) is 4.31 Å². The summed E-state index contributed by atoms with van der Waals surface area (Å²) in [5.41, 5.74) is 1.07. The van der Waals surface area contributed by atoms with Gasteiger partial charge in [0.2, 0.25) is 10.0 Å². The fraction of sp³-hybridized carbons (Fsp3) is 0.700. The van der Waals surface area contributed by atoms with Gasteiger partial charge in [0, 0.05) is 18.0 Å². The van der Waals surface area contributed by atoms with Crippen LogP contribution in [-0.2, 0) is 10.0 Å². The lowest BCUT2D eigenvalue weighted by molar-refractivity contribution is 0.177. The maximum atomic E-state index is 13.2. The first-order valence-electron chi connectivity index (χ1n) is 9.60. The highest BCUT2D eigenvalue weighted by Gasteiger charge is 2.40. The van der Waals surface area contributed by atoms with Gasteiger partial charge in [0.15, 0.2) is 0 Å². The summed E-state index contributed by atoms with van der Waals surface area (Å²) in [6.45, 7) is 6.80. The van der Waals surface area contributed by atoms with Crippen LogP contribution in [0.15, 0.2) is 29.2 Å². The molecule has 1 fully saturated rings. The van der Waals surface area contributed by atoms with Gasteiger partial charge in [0.1, 0.15) is 0 Å². The topological polar surface area (TPSA) is 37.4 Å². The second-order valence-electron chi connectivity index (χ2n) is 7.36. The van der Waals surface area contributed by atoms with E-state index in [1.807, 2.05) is 19.1 Å². The lowest BCUT2D eigenvalue weighted by atomic mass is 9.88. The zero-order valence-electron chi connectivity index (χ0n) is 15.7. The quantitative estimate of drug-likeness (QED) is 0.446. The fourth-order valence-corrected chi connectivity index (χ4v) is 5.71. The Labute approximate surface area is 158 Å². The molecule has 0 spiro atoms. The molecular formula is C20H32ClNO2S. The van der Waals surface area contributed by atoms with E-state index in [0.29, 0.717) is 11.4 Å². The summed E-state index contributed by atoms with van der Waals surface area (Å²) < 4.78 is 28.1. The van der Waals surface area contributed by atoms with E-state index in [2.05, 4.69) is 13.8 Å². The Hall–Kier alpha value is -0.580. The molecule has 1 heterocycles. The van der Waals surface area contributed by atoms with Crippen molar-refractivity contribution in [2.75, 3.05) is 6.54 Å². The van der Waals surface area contributed by atoms with Crippen LogP contribution in [0.25, 0.3) is 0 Å². The molecule has 1 aromatic rings. The Morgan fingerprint density at radius 3 is 2.40 bits per heavy atom. The van der Waals surface area contributed by atoms with Gasteiger partial charge in [-0.25, -0.2) is 8.42 Å². The van der Waals surface area contributed by atoms with Crippen molar-refractivity contribution in [2.45, 2.75) is 82.0 Å². The molecule has 0 N–H and O–H groups in total. The zero-order chi connectivity index (χ0) is 18.4. The van der Waals surface area contributed by atoms with E-state index in [1.165, 1.54) is 25.7 Å². The maximum absolute atomic E-state index is 13.2. The molecule has 142 valence electrons. The zero-order valence-corrected chi connectivity index (χ0v) is 17.3. The van der Waals surface area contributed by atoms with Gasteiger partial charge in [-0.15, -0.1) is 11.6 Å². The highest BCUT2D eigenvalue weighted by molar-refractivity contribution is 7.89. The first-order chi connectivity index (χ1) is 11.9. The first-order valence-corrected chi connectivity index (χ1v) is 11.5. The Bertz CT molecular complexity index is 630. The standard InChI is InChI=1S/C20H32ClNO2S/c1-4-5-6-7-8-9-20-17(3)19(21)14-15-22(20)25(23,24)18-12-10-16(2)11-13-18/h10-13,17,19-20H,4-9,14-15H2,1-3H3/t17-,19+,20-/m0/s1. The van der Waals surface area contributed by atoms with Gasteiger partial charge >= 0.3 is 0 Å². The van der Waals surface area contributed by atoms with Crippen LogP contribution in [0.1, 0.15) is 64.4 Å². The van der Waals surface area contributed by atoms with Gasteiger partial charge in [-0.05, 0) is 37.8 Å². The molecule has 3 atom stereocenters. The fourth-order valence-electron chi connectivity index (χ4n) is 3.69. The SMILES string of the molecule is CCCCCCC[C@H]1[C@@H](C)[C@H](Cl)CCN1S(=O)(=O)c1ccc(C)cc1. The third-order valence-electron chi connectivity index (χ3n) is 5.40. The van der Waals surface area contributed by atoms with Gasteiger partial charge in [0.05, 0.1) is 4.90 Å². The normalized spacial score (nSPS) is 25.2. The summed E-state index contributed by atoms with van der Waals surface area (Å²) in [5.74, 6) is 0.182. The summed E-state index contributed by atoms with van der Waals surface area (Å²) in [7, 11) is -3.46. The molecule has 25 heavy (non-hydrogen) atoms. The number of sulfonamides is 1. The molecule has 0 aromatic heterocycles. The monoisotopic (exact) mass is 385 g/mol. The number of halogens is 1. The Morgan fingerprint density at radius 2 is 1.76 bits per heavy atom. The summed E-state index contributed by atoms with van der Waals surface area (Å²) in [6, 6.07) is 7.18. The molecule has 3 nitrogen and oxygen atoms in total. The number of unbranched alkanes of at least 4 members (excludes halogenated alkanes) is 4. The third-order valence-corrected chi connectivity index (χ3v) is 7.96. The van der Waals surface area contributed by atoms with E-state index >= 15 is 0 Å². The first kappa shape index (κ1) is 20.7. The van der Waals surface area contributed by atoms with Crippen LogP contribution >= 0.6 is 11.6 Å². The lowest BCUT2D eigenvalue weighted by Crippen LogP contribution is -2.51. The predicted octanol–water partition coefficient (Wildman–Crippen LogP) is 5.36. The summed E-state index contributed by atoms with van der Waals surface area (Å²) in [4.78, 5) is 0.398. The van der Waals surface area contributed by atoms with E-state index < -0.39 is 10.0 Å². The van der Waals surface area contributed by atoms with E-state index in [0.717, 1.165) is 24.8 Å². The van der Waals surface area contributed by atoms with Crippen molar-refractivity contribution in [1.82, 2.24) is 4.31 Å². The van der Waals surface area contributed by atoms with Crippen molar-refractivity contribution in [3.05, 3.63) is 29.8 Å². The van der Waals surface area contributed by atoms with Crippen LogP contribution in [-0.4, -0.2) is 30.7 Å². The van der Waals surface area contributed by atoms with E-state index in [-0.39, 0.29) is 17.3 Å². The molecule has 0 aliphatic carbocycles. The molecule has 5 heteroatoms. The summed E-state index contributed by atoms with van der Waals surface area (Å²) in [6.07, 6.45) is 7.56. The maximum Gasteiger partial charge on any atom is 0.243 e. The summed E-state index contributed by atoms with van der Waals surface area (Å²) >= 11 is 6.49. The number of hydrogen-bond acceptors (Lipinski definition) is 2. The van der Waals surface area contributed by atoms with Crippen molar-refractivity contribution in [2.24, 2.45) is 5.92 Å². The highest BCUT2D eigenvalue weighted by Crippen LogP contribution is 2.34. The average molecular weight is 386 g/mol. The molecule has 1 saturated heterocycles. The highest BCUT2D eigenvalue weighted by atomic mass is 35.5. The molecule has 1 aliphatic rings. The molecule has 0 saturated carbocycles. The van der Waals surface area contributed by atoms with Crippen molar-refractivity contribution < 1.29 is 8.42 Å². The number of alkyl halides is 1. The number of piperidine rings is 1. The number of rotatable bonds is 8. The minimum Gasteiger partial charge on any atom is -0.207 e. The average Bonchev–Trinajstić information content (AvgIpc) is 2.58. The second kappa shape index (κ2) is 9.38. The number of aryl methyl sites for hydroxylation is 1. The van der Waals surface area contributed by atoms with E-state index in [1.54, 1.807) is 16.4 Å². The van der Waals surface area contributed by atoms with Crippen molar-refractivity contribution in [3.63, 3.8) is 0 Å². The number of nitrogens with zero attached hydrogens (tertiary/aromatic N) is 1. The molecule has 0 amide bonds. The Morgan fingerprint density at radius 1 is 1.12 bits per heavy atom. The van der Waals surface area contributed by atoms with Gasteiger partial charge in [-0.1, -0.05) is 63.6 Å². The lowest BCUT2D eigenvalue weighted by Gasteiger charge is -2.41. The van der Waals surface area contributed by atoms with Crippen LogP contribution in [0.4, 0.5) is 0 Å². The van der Waals surface area contributed by atoms with Crippen LogP contribution in [0.2, 0.25) is 0 Å². The van der Waals surface area contributed by atoms with Gasteiger partial charge in [0.25, 0.3) is 0 Å². The van der Waals surface area contributed by atoms with Crippen LogP contribution in [0.3, 0.4) is 0 Å². The summed E-state index contributed by atoms with van der Waals surface area (Å²) in [5, 5.41) is 0.0603. The molecule has 0 bridgehead atoms. The van der Waals surface area contributed by atoms with Crippen LogP contribution in [0, 0.1) is 12.8 Å². The molecular weight excluding hydrogens is 354 g/mol. The van der Waals surface area contributed by atoms with Gasteiger partial charge < -0.3 is 0 Å². The minimum atomic E-state index is -3.46. The largest absolute Gasteiger partial charge is 0.243 e. The number of hydrogen-bond donors (Lipinski definition) is 0. The van der Waals surface area contributed by atoms with Crippen molar-refractivity contribution in [3.8, 4) is 0 Å². The van der Waals surface area contributed by atoms with Crippen LogP contribution in [0.5, 0.6) is 0 Å². The van der Waals surface area contributed by atoms with Crippen LogP contribution < -0.4 is 0 Å². The minimum absolute atomic E-state index is 0.00387. The number of benzene rings is 1. The van der Waals surface area contributed by atoms with E-state index in [4.69, 9.17) is 11.6 Å². The molecule has 0 unspecified atom stereocenters. The Balaban J connectivity index is 2.15. The van der Waals surface area contributed by atoms with Gasteiger partial charge in [-0.3, -0.25) is 0 Å². The van der Waals surface area contributed by atoms with Crippen molar-refractivity contribution >= 4 is 21.6 Å². The van der Waals surface area contributed by atoms with Crippen molar-refractivity contribution in [1.29, 1.82) is 0 Å². The third kappa shape index (κ3) is 5.21. The Kier molecular flexibility index (Phi) is 7.78. The second-order valence-corrected chi connectivity index (χ2v) is 9.81. The molecule has 2 rings (SSSR count). The molecule has 0 radical (unpaired) electrons. The predicted molar refractivity (Wildman–Crippen MR) is 106 cm³/mol. The smallest absolute Gasteiger partial charge is 0.207 e. The molecule has 1 aromatic carbocycles. The molecule has 1 aliphatic heterocycles.